The third-order valence-electron chi connectivity index (χ3n) is 1.69. The number of hydrogen-bond acceptors (Lipinski definition) is 4. The molecule has 0 fully saturated rings. The molecule has 3 nitrogen and oxygen atoms in total. The van der Waals surface area contributed by atoms with E-state index in [1.165, 1.54) is 4.88 Å². The fourth-order valence-electron chi connectivity index (χ4n) is 1.02. The van der Waals surface area contributed by atoms with Crippen molar-refractivity contribution in [3.63, 3.8) is 0 Å². The van der Waals surface area contributed by atoms with E-state index in [4.69, 9.17) is 9.47 Å². The summed E-state index contributed by atoms with van der Waals surface area (Å²) in [6.45, 7) is 2.47. The maximum Gasteiger partial charge on any atom is 0.134 e. The Hall–Kier alpha value is -0.580. The third kappa shape index (κ3) is 3.34. The molecule has 13 heavy (non-hydrogen) atoms. The standard InChI is InChI=1S/C9H15NO2S/c1-11-5-4-10-7-9-8(12-2)3-6-13-9/h3,6,10H,4-5,7H2,1-2H3. The van der Waals surface area contributed by atoms with E-state index in [0.29, 0.717) is 0 Å². The molecule has 0 radical (unpaired) electrons. The number of rotatable bonds is 6. The average Bonchev–Trinajstić information content (AvgIpc) is 2.60. The van der Waals surface area contributed by atoms with Gasteiger partial charge in [-0.1, -0.05) is 0 Å². The van der Waals surface area contributed by atoms with Gasteiger partial charge in [-0.05, 0) is 11.4 Å². The number of nitrogens with one attached hydrogen (secondary N) is 1. The van der Waals surface area contributed by atoms with Crippen LogP contribution < -0.4 is 10.1 Å². The van der Waals surface area contributed by atoms with Crippen LogP contribution in [0.2, 0.25) is 0 Å². The molecule has 1 aromatic heterocycles. The van der Waals surface area contributed by atoms with Gasteiger partial charge in [-0.15, -0.1) is 11.3 Å². The second-order valence-electron chi connectivity index (χ2n) is 2.58. The average molecular weight is 201 g/mol. The van der Waals surface area contributed by atoms with Crippen LogP contribution in [-0.2, 0) is 11.3 Å². The Kier molecular flexibility index (Phi) is 4.82. The zero-order chi connectivity index (χ0) is 9.52. The van der Waals surface area contributed by atoms with Crippen LogP contribution in [0.3, 0.4) is 0 Å². The Morgan fingerprint density at radius 2 is 2.31 bits per heavy atom. The Morgan fingerprint density at radius 1 is 1.46 bits per heavy atom. The molecule has 0 unspecified atom stereocenters. The largest absolute Gasteiger partial charge is 0.496 e. The zero-order valence-corrected chi connectivity index (χ0v) is 8.82. The molecular weight excluding hydrogens is 186 g/mol. The van der Waals surface area contributed by atoms with Crippen molar-refractivity contribution in [2.45, 2.75) is 6.54 Å². The van der Waals surface area contributed by atoms with Gasteiger partial charge >= 0.3 is 0 Å². The fraction of sp³-hybridized carbons (Fsp3) is 0.556. The van der Waals surface area contributed by atoms with Gasteiger partial charge in [-0.2, -0.15) is 0 Å². The van der Waals surface area contributed by atoms with Crippen LogP contribution in [0.5, 0.6) is 5.75 Å². The molecule has 0 amide bonds. The van der Waals surface area contributed by atoms with E-state index in [0.717, 1.165) is 25.4 Å². The third-order valence-corrected chi connectivity index (χ3v) is 2.60. The topological polar surface area (TPSA) is 30.5 Å². The monoisotopic (exact) mass is 201 g/mol. The number of ether oxygens (including phenoxy) is 2. The van der Waals surface area contributed by atoms with Gasteiger partial charge in [0, 0.05) is 20.2 Å². The smallest absolute Gasteiger partial charge is 0.134 e. The molecule has 1 heterocycles. The van der Waals surface area contributed by atoms with Crippen LogP contribution in [0.25, 0.3) is 0 Å². The van der Waals surface area contributed by atoms with E-state index < -0.39 is 0 Å². The normalized spacial score (nSPS) is 10.3. The van der Waals surface area contributed by atoms with Crippen molar-refractivity contribution in [3.05, 3.63) is 16.3 Å². The van der Waals surface area contributed by atoms with Crippen LogP contribution in [0.1, 0.15) is 4.88 Å². The molecule has 0 saturated carbocycles. The molecule has 0 saturated heterocycles. The highest BCUT2D eigenvalue weighted by Gasteiger charge is 2.02. The van der Waals surface area contributed by atoms with Gasteiger partial charge in [0.05, 0.1) is 18.6 Å². The Balaban J connectivity index is 2.27. The van der Waals surface area contributed by atoms with Gasteiger partial charge in [0.2, 0.25) is 0 Å². The minimum absolute atomic E-state index is 0.744. The minimum Gasteiger partial charge on any atom is -0.496 e. The van der Waals surface area contributed by atoms with Gasteiger partial charge in [-0.25, -0.2) is 0 Å². The second kappa shape index (κ2) is 5.96. The molecule has 4 heteroatoms. The lowest BCUT2D eigenvalue weighted by Gasteiger charge is -2.04. The first kappa shape index (κ1) is 10.5. The first-order valence-corrected chi connectivity index (χ1v) is 5.06. The van der Waals surface area contributed by atoms with E-state index >= 15 is 0 Å². The van der Waals surface area contributed by atoms with Crippen molar-refractivity contribution in [2.24, 2.45) is 0 Å². The van der Waals surface area contributed by atoms with Gasteiger partial charge in [0.15, 0.2) is 0 Å². The van der Waals surface area contributed by atoms with E-state index in [1.807, 2.05) is 11.4 Å². The SMILES string of the molecule is COCCNCc1sccc1OC. The predicted molar refractivity (Wildman–Crippen MR) is 54.5 cm³/mol. The number of thiophene rings is 1. The Morgan fingerprint density at radius 3 is 3.00 bits per heavy atom. The quantitative estimate of drug-likeness (QED) is 0.707. The van der Waals surface area contributed by atoms with Crippen LogP contribution in [-0.4, -0.2) is 27.4 Å². The van der Waals surface area contributed by atoms with Gasteiger partial charge in [0.1, 0.15) is 5.75 Å². The molecule has 1 rings (SSSR count). The lowest BCUT2D eigenvalue weighted by Crippen LogP contribution is -2.18. The molecule has 74 valence electrons. The molecule has 1 aromatic rings. The van der Waals surface area contributed by atoms with Crippen molar-refractivity contribution in [1.29, 1.82) is 0 Å². The van der Waals surface area contributed by atoms with Crippen molar-refractivity contribution in [2.75, 3.05) is 27.4 Å². The highest BCUT2D eigenvalue weighted by molar-refractivity contribution is 7.10. The molecule has 0 aliphatic rings. The van der Waals surface area contributed by atoms with Crippen LogP contribution in [0.15, 0.2) is 11.4 Å². The molecule has 1 N–H and O–H groups in total. The summed E-state index contributed by atoms with van der Waals surface area (Å²) < 4.78 is 10.1. The Labute approximate surface area is 82.7 Å². The number of hydrogen-bond donors (Lipinski definition) is 1. The van der Waals surface area contributed by atoms with Crippen molar-refractivity contribution >= 4 is 11.3 Å². The summed E-state index contributed by atoms with van der Waals surface area (Å²) in [7, 11) is 3.40. The van der Waals surface area contributed by atoms with Crippen molar-refractivity contribution < 1.29 is 9.47 Å². The van der Waals surface area contributed by atoms with Crippen LogP contribution >= 0.6 is 11.3 Å². The van der Waals surface area contributed by atoms with Gasteiger partial charge < -0.3 is 14.8 Å². The van der Waals surface area contributed by atoms with E-state index in [-0.39, 0.29) is 0 Å². The molecule has 0 spiro atoms. The molecule has 0 aliphatic heterocycles. The van der Waals surface area contributed by atoms with E-state index in [2.05, 4.69) is 5.32 Å². The summed E-state index contributed by atoms with van der Waals surface area (Å²) in [6.07, 6.45) is 0. The molecule has 0 bridgehead atoms. The zero-order valence-electron chi connectivity index (χ0n) is 8.00. The van der Waals surface area contributed by atoms with Crippen molar-refractivity contribution in [1.82, 2.24) is 5.32 Å². The fourth-order valence-corrected chi connectivity index (χ4v) is 1.82. The van der Waals surface area contributed by atoms with E-state index in [1.54, 1.807) is 25.6 Å². The summed E-state index contributed by atoms with van der Waals surface area (Å²) >= 11 is 1.70. The van der Waals surface area contributed by atoms with Crippen molar-refractivity contribution in [3.8, 4) is 5.75 Å². The van der Waals surface area contributed by atoms with Gasteiger partial charge in [-0.3, -0.25) is 0 Å². The Bertz CT molecular complexity index is 237. The summed E-state index contributed by atoms with van der Waals surface area (Å²) in [5, 5.41) is 5.30. The second-order valence-corrected chi connectivity index (χ2v) is 3.58. The maximum absolute atomic E-state index is 5.18. The minimum atomic E-state index is 0.744. The lowest BCUT2D eigenvalue weighted by molar-refractivity contribution is 0.199. The van der Waals surface area contributed by atoms with Crippen LogP contribution in [0, 0.1) is 0 Å². The summed E-state index contributed by atoms with van der Waals surface area (Å²) in [5.74, 6) is 0.968. The molecule has 0 aromatic carbocycles. The van der Waals surface area contributed by atoms with Gasteiger partial charge in [0.25, 0.3) is 0 Å². The summed E-state index contributed by atoms with van der Waals surface area (Å²) in [5.41, 5.74) is 0. The first-order valence-electron chi connectivity index (χ1n) is 4.18. The molecular formula is C9H15NO2S. The number of methoxy groups -OCH3 is 2. The highest BCUT2D eigenvalue weighted by Crippen LogP contribution is 2.23. The van der Waals surface area contributed by atoms with E-state index in [9.17, 15) is 0 Å². The lowest BCUT2D eigenvalue weighted by atomic mass is 10.4. The molecule has 0 atom stereocenters. The predicted octanol–water partition coefficient (Wildman–Crippen LogP) is 1.49. The maximum atomic E-state index is 5.18. The van der Waals surface area contributed by atoms with Crippen LogP contribution in [0.4, 0.5) is 0 Å². The molecule has 0 aliphatic carbocycles. The highest BCUT2D eigenvalue weighted by atomic mass is 32.1. The first-order chi connectivity index (χ1) is 6.38. The summed E-state index contributed by atoms with van der Waals surface area (Å²) in [6, 6.07) is 1.98. The summed E-state index contributed by atoms with van der Waals surface area (Å²) in [4.78, 5) is 1.23.